The number of benzene rings is 1. The van der Waals surface area contributed by atoms with Crippen LogP contribution < -0.4 is 11.1 Å². The number of nitrogens with two attached hydrogens (primary N) is 1. The van der Waals surface area contributed by atoms with Gasteiger partial charge in [-0.05, 0) is 42.7 Å². The van der Waals surface area contributed by atoms with Gasteiger partial charge in [-0.15, -0.1) is 0 Å². The van der Waals surface area contributed by atoms with Crippen LogP contribution in [0.3, 0.4) is 0 Å². The first kappa shape index (κ1) is 14.6. The van der Waals surface area contributed by atoms with Crippen molar-refractivity contribution in [2.45, 2.75) is 12.5 Å². The molecule has 1 atom stereocenters. The van der Waals surface area contributed by atoms with Crippen molar-refractivity contribution >= 4 is 23.4 Å². The Hall–Kier alpha value is -1.79. The molecule has 1 heterocycles. The van der Waals surface area contributed by atoms with Crippen molar-refractivity contribution in [3.8, 4) is 11.3 Å². The highest BCUT2D eigenvalue weighted by atomic mass is 32.2. The smallest absolute Gasteiger partial charge is 0.241 e. The van der Waals surface area contributed by atoms with Gasteiger partial charge in [0.2, 0.25) is 5.91 Å². The summed E-state index contributed by atoms with van der Waals surface area (Å²) >= 11 is 1.68. The number of anilines is 1. The van der Waals surface area contributed by atoms with Crippen molar-refractivity contribution in [1.82, 2.24) is 4.98 Å². The molecule has 0 spiro atoms. The first-order chi connectivity index (χ1) is 9.70. The third kappa shape index (κ3) is 3.85. The monoisotopic (exact) mass is 291 g/mol. The minimum absolute atomic E-state index is 0.161. The third-order valence-electron chi connectivity index (χ3n) is 2.84. The average Bonchev–Trinajstić information content (AvgIpc) is 2.99. The van der Waals surface area contributed by atoms with Crippen LogP contribution in [0.4, 0.5) is 5.69 Å². The summed E-state index contributed by atoms with van der Waals surface area (Å²) in [7, 11) is 0. The Morgan fingerprint density at radius 3 is 2.80 bits per heavy atom. The van der Waals surface area contributed by atoms with Gasteiger partial charge in [-0.2, -0.15) is 11.8 Å². The van der Waals surface area contributed by atoms with Crippen LogP contribution in [0.25, 0.3) is 11.3 Å². The largest absolute Gasteiger partial charge is 0.444 e. The SMILES string of the molecule is CSCC[C@H](N)C(=O)Nc1ccc(-c2cnco2)cc1. The van der Waals surface area contributed by atoms with E-state index in [2.05, 4.69) is 10.3 Å². The lowest BCUT2D eigenvalue weighted by molar-refractivity contribution is -0.117. The number of carbonyl (C=O) groups is 1. The number of oxazole rings is 1. The van der Waals surface area contributed by atoms with E-state index in [9.17, 15) is 4.79 Å². The molecule has 0 bridgehead atoms. The molecule has 1 aromatic heterocycles. The van der Waals surface area contributed by atoms with E-state index in [0.29, 0.717) is 12.2 Å². The topological polar surface area (TPSA) is 81.2 Å². The van der Waals surface area contributed by atoms with Crippen molar-refractivity contribution in [2.24, 2.45) is 5.73 Å². The summed E-state index contributed by atoms with van der Waals surface area (Å²) in [5.41, 5.74) is 7.44. The van der Waals surface area contributed by atoms with E-state index in [1.807, 2.05) is 30.5 Å². The summed E-state index contributed by atoms with van der Waals surface area (Å²) in [6.07, 6.45) is 5.69. The fourth-order valence-corrected chi connectivity index (χ4v) is 2.18. The van der Waals surface area contributed by atoms with Gasteiger partial charge in [0.25, 0.3) is 0 Å². The average molecular weight is 291 g/mol. The zero-order valence-electron chi connectivity index (χ0n) is 11.2. The third-order valence-corrected chi connectivity index (χ3v) is 3.48. The van der Waals surface area contributed by atoms with Crippen molar-refractivity contribution in [2.75, 3.05) is 17.3 Å². The molecule has 6 heteroatoms. The predicted octanol–water partition coefficient (Wildman–Crippen LogP) is 2.36. The number of nitrogens with one attached hydrogen (secondary N) is 1. The maximum atomic E-state index is 11.9. The van der Waals surface area contributed by atoms with Crippen LogP contribution >= 0.6 is 11.8 Å². The van der Waals surface area contributed by atoms with Crippen LogP contribution in [0.1, 0.15) is 6.42 Å². The number of hydrogen-bond donors (Lipinski definition) is 2. The van der Waals surface area contributed by atoms with Gasteiger partial charge in [0.1, 0.15) is 0 Å². The number of amides is 1. The van der Waals surface area contributed by atoms with E-state index in [1.165, 1.54) is 6.39 Å². The molecule has 20 heavy (non-hydrogen) atoms. The van der Waals surface area contributed by atoms with Gasteiger partial charge in [-0.3, -0.25) is 4.79 Å². The number of rotatable bonds is 6. The Balaban J connectivity index is 1.95. The van der Waals surface area contributed by atoms with Crippen molar-refractivity contribution in [1.29, 1.82) is 0 Å². The molecule has 0 radical (unpaired) electrons. The lowest BCUT2D eigenvalue weighted by Crippen LogP contribution is -2.36. The summed E-state index contributed by atoms with van der Waals surface area (Å²) in [4.78, 5) is 15.7. The number of hydrogen-bond acceptors (Lipinski definition) is 5. The number of thioether (sulfide) groups is 1. The zero-order chi connectivity index (χ0) is 14.4. The molecular weight excluding hydrogens is 274 g/mol. The highest BCUT2D eigenvalue weighted by Gasteiger charge is 2.13. The van der Waals surface area contributed by atoms with Crippen LogP contribution in [-0.4, -0.2) is 28.9 Å². The van der Waals surface area contributed by atoms with E-state index in [1.54, 1.807) is 18.0 Å². The van der Waals surface area contributed by atoms with E-state index in [-0.39, 0.29) is 5.91 Å². The zero-order valence-corrected chi connectivity index (χ0v) is 12.0. The molecular formula is C14H17N3O2S. The Kier molecular flexibility index (Phi) is 5.20. The standard InChI is InChI=1S/C14H17N3O2S/c1-20-7-6-12(15)14(18)17-11-4-2-10(3-5-11)13-8-16-9-19-13/h2-5,8-9,12H,6-7,15H2,1H3,(H,17,18)/t12-/m0/s1. The molecule has 5 nitrogen and oxygen atoms in total. The summed E-state index contributed by atoms with van der Waals surface area (Å²) in [6, 6.07) is 6.89. The minimum atomic E-state index is -0.476. The second kappa shape index (κ2) is 7.12. The Morgan fingerprint density at radius 2 is 2.20 bits per heavy atom. The van der Waals surface area contributed by atoms with Gasteiger partial charge < -0.3 is 15.5 Å². The lowest BCUT2D eigenvalue weighted by atomic mass is 10.1. The molecule has 0 unspecified atom stereocenters. The molecule has 3 N–H and O–H groups in total. The fourth-order valence-electron chi connectivity index (χ4n) is 1.69. The molecule has 0 saturated carbocycles. The maximum Gasteiger partial charge on any atom is 0.241 e. The predicted molar refractivity (Wildman–Crippen MR) is 81.5 cm³/mol. The van der Waals surface area contributed by atoms with Crippen LogP contribution in [0.5, 0.6) is 0 Å². The summed E-state index contributed by atoms with van der Waals surface area (Å²) in [6.45, 7) is 0. The molecule has 1 amide bonds. The highest BCUT2D eigenvalue weighted by Crippen LogP contribution is 2.20. The molecule has 106 valence electrons. The molecule has 0 fully saturated rings. The number of carbonyl (C=O) groups excluding carboxylic acids is 1. The summed E-state index contributed by atoms with van der Waals surface area (Å²) in [5, 5.41) is 2.80. The summed E-state index contributed by atoms with van der Waals surface area (Å²) in [5.74, 6) is 1.41. The van der Waals surface area contributed by atoms with Gasteiger partial charge in [-0.1, -0.05) is 0 Å². The highest BCUT2D eigenvalue weighted by molar-refractivity contribution is 7.98. The molecule has 0 aliphatic rings. The second-order valence-electron chi connectivity index (χ2n) is 4.32. The lowest BCUT2D eigenvalue weighted by Gasteiger charge is -2.11. The van der Waals surface area contributed by atoms with E-state index in [4.69, 9.17) is 10.2 Å². The molecule has 0 aliphatic carbocycles. The van der Waals surface area contributed by atoms with Gasteiger partial charge >= 0.3 is 0 Å². The Morgan fingerprint density at radius 1 is 1.45 bits per heavy atom. The van der Waals surface area contributed by atoms with Crippen LogP contribution in [0.2, 0.25) is 0 Å². The number of nitrogens with zero attached hydrogens (tertiary/aromatic N) is 1. The molecule has 2 rings (SSSR count). The first-order valence-corrected chi connectivity index (χ1v) is 7.64. The molecule has 0 aliphatic heterocycles. The molecule has 1 aromatic carbocycles. The van der Waals surface area contributed by atoms with Gasteiger partial charge in [0, 0.05) is 11.3 Å². The van der Waals surface area contributed by atoms with E-state index < -0.39 is 6.04 Å². The van der Waals surface area contributed by atoms with E-state index in [0.717, 1.165) is 17.0 Å². The summed E-state index contributed by atoms with van der Waals surface area (Å²) < 4.78 is 5.20. The maximum absolute atomic E-state index is 11.9. The van der Waals surface area contributed by atoms with Crippen LogP contribution in [0.15, 0.2) is 41.3 Å². The van der Waals surface area contributed by atoms with Crippen molar-refractivity contribution in [3.05, 3.63) is 36.9 Å². The van der Waals surface area contributed by atoms with Crippen molar-refractivity contribution in [3.63, 3.8) is 0 Å². The van der Waals surface area contributed by atoms with Crippen molar-refractivity contribution < 1.29 is 9.21 Å². The fraction of sp³-hybridized carbons (Fsp3) is 0.286. The van der Waals surface area contributed by atoms with Gasteiger partial charge in [0.05, 0.1) is 12.2 Å². The van der Waals surface area contributed by atoms with Gasteiger partial charge in [0.15, 0.2) is 12.2 Å². The van der Waals surface area contributed by atoms with Gasteiger partial charge in [-0.25, -0.2) is 4.98 Å². The normalized spacial score (nSPS) is 12.1. The quantitative estimate of drug-likeness (QED) is 0.854. The first-order valence-electron chi connectivity index (χ1n) is 6.25. The minimum Gasteiger partial charge on any atom is -0.444 e. The Labute approximate surface area is 122 Å². The van der Waals surface area contributed by atoms with Crippen LogP contribution in [0, 0.1) is 0 Å². The van der Waals surface area contributed by atoms with Crippen LogP contribution in [-0.2, 0) is 4.79 Å². The number of aromatic nitrogens is 1. The molecule has 0 saturated heterocycles. The second-order valence-corrected chi connectivity index (χ2v) is 5.31. The molecule has 2 aromatic rings. The Bertz CT molecular complexity index is 540. The van der Waals surface area contributed by atoms with E-state index >= 15 is 0 Å².